The van der Waals surface area contributed by atoms with Crippen molar-refractivity contribution in [1.82, 2.24) is 10.2 Å². The SMILES string of the molecule is CNC(=O)[C@H](C)N(Cc1cccc(OC)c1)C(=O)COc1ccccc1C(C)C. The Morgan fingerprint density at radius 1 is 1.07 bits per heavy atom. The van der Waals surface area contributed by atoms with Gasteiger partial charge in [-0.2, -0.15) is 0 Å². The summed E-state index contributed by atoms with van der Waals surface area (Å²) in [6.45, 7) is 5.99. The van der Waals surface area contributed by atoms with Crippen molar-refractivity contribution in [3.05, 3.63) is 59.7 Å². The number of carbonyl (C=O) groups is 2. The quantitative estimate of drug-likeness (QED) is 0.703. The van der Waals surface area contributed by atoms with Crippen molar-refractivity contribution >= 4 is 11.8 Å². The topological polar surface area (TPSA) is 67.9 Å². The Kier molecular flexibility index (Phi) is 8.07. The van der Waals surface area contributed by atoms with E-state index >= 15 is 0 Å². The Labute approximate surface area is 172 Å². The molecule has 6 heteroatoms. The Morgan fingerprint density at radius 3 is 2.45 bits per heavy atom. The third-order valence-corrected chi connectivity index (χ3v) is 4.79. The van der Waals surface area contributed by atoms with E-state index in [1.165, 1.54) is 4.90 Å². The van der Waals surface area contributed by atoms with E-state index in [2.05, 4.69) is 19.2 Å². The minimum atomic E-state index is -0.636. The van der Waals surface area contributed by atoms with Crippen LogP contribution in [0.3, 0.4) is 0 Å². The summed E-state index contributed by atoms with van der Waals surface area (Å²) < 4.78 is 11.1. The number of methoxy groups -OCH3 is 1. The number of amides is 2. The largest absolute Gasteiger partial charge is 0.497 e. The first-order chi connectivity index (χ1) is 13.9. The van der Waals surface area contributed by atoms with Gasteiger partial charge in [0.1, 0.15) is 17.5 Å². The van der Waals surface area contributed by atoms with E-state index in [1.54, 1.807) is 21.1 Å². The average Bonchev–Trinajstić information content (AvgIpc) is 2.74. The second kappa shape index (κ2) is 10.5. The maximum atomic E-state index is 13.0. The summed E-state index contributed by atoms with van der Waals surface area (Å²) in [6.07, 6.45) is 0. The zero-order chi connectivity index (χ0) is 21.4. The van der Waals surface area contributed by atoms with Gasteiger partial charge in [0, 0.05) is 13.6 Å². The molecule has 0 radical (unpaired) electrons. The predicted molar refractivity (Wildman–Crippen MR) is 113 cm³/mol. The molecule has 0 saturated carbocycles. The molecule has 0 unspecified atom stereocenters. The van der Waals surface area contributed by atoms with Crippen molar-refractivity contribution in [2.75, 3.05) is 20.8 Å². The second-order valence-electron chi connectivity index (χ2n) is 7.14. The number of benzene rings is 2. The molecular weight excluding hydrogens is 368 g/mol. The smallest absolute Gasteiger partial charge is 0.261 e. The van der Waals surface area contributed by atoms with Crippen LogP contribution in [0.25, 0.3) is 0 Å². The lowest BCUT2D eigenvalue weighted by atomic mass is 10.0. The number of hydrogen-bond donors (Lipinski definition) is 1. The van der Waals surface area contributed by atoms with Crippen LogP contribution in [0.4, 0.5) is 0 Å². The van der Waals surface area contributed by atoms with Crippen LogP contribution in [0, 0.1) is 0 Å². The number of nitrogens with zero attached hydrogens (tertiary/aromatic N) is 1. The maximum Gasteiger partial charge on any atom is 0.261 e. The van der Waals surface area contributed by atoms with Gasteiger partial charge in [-0.15, -0.1) is 0 Å². The Bertz CT molecular complexity index is 835. The summed E-state index contributed by atoms with van der Waals surface area (Å²) in [7, 11) is 3.15. The lowest BCUT2D eigenvalue weighted by molar-refractivity contribution is -0.142. The molecule has 156 valence electrons. The summed E-state index contributed by atoms with van der Waals surface area (Å²) in [5.41, 5.74) is 1.91. The molecule has 2 aromatic carbocycles. The molecule has 6 nitrogen and oxygen atoms in total. The first kappa shape index (κ1) is 22.3. The summed E-state index contributed by atoms with van der Waals surface area (Å²) in [4.78, 5) is 26.7. The van der Waals surface area contributed by atoms with Crippen LogP contribution in [0.2, 0.25) is 0 Å². The van der Waals surface area contributed by atoms with Gasteiger partial charge in [0.2, 0.25) is 5.91 Å². The number of para-hydroxylation sites is 1. The van der Waals surface area contributed by atoms with Gasteiger partial charge in [0.05, 0.1) is 7.11 Å². The highest BCUT2D eigenvalue weighted by atomic mass is 16.5. The van der Waals surface area contributed by atoms with Gasteiger partial charge in [-0.1, -0.05) is 44.2 Å². The highest BCUT2D eigenvalue weighted by molar-refractivity contribution is 5.87. The van der Waals surface area contributed by atoms with Crippen LogP contribution in [0.5, 0.6) is 11.5 Å². The molecule has 0 aliphatic rings. The van der Waals surface area contributed by atoms with Crippen LogP contribution < -0.4 is 14.8 Å². The van der Waals surface area contributed by atoms with E-state index in [-0.39, 0.29) is 30.9 Å². The average molecular weight is 399 g/mol. The molecule has 0 aliphatic carbocycles. The number of carbonyl (C=O) groups excluding carboxylic acids is 2. The van der Waals surface area contributed by atoms with E-state index in [9.17, 15) is 9.59 Å². The first-order valence-corrected chi connectivity index (χ1v) is 9.73. The molecule has 0 saturated heterocycles. The van der Waals surface area contributed by atoms with Gasteiger partial charge in [-0.3, -0.25) is 9.59 Å². The molecule has 0 bridgehead atoms. The Morgan fingerprint density at radius 2 is 1.79 bits per heavy atom. The van der Waals surface area contributed by atoms with Crippen LogP contribution in [-0.4, -0.2) is 43.5 Å². The summed E-state index contributed by atoms with van der Waals surface area (Å²) in [6, 6.07) is 14.5. The van der Waals surface area contributed by atoms with Gasteiger partial charge in [0.15, 0.2) is 6.61 Å². The van der Waals surface area contributed by atoms with Crippen molar-refractivity contribution in [3.63, 3.8) is 0 Å². The molecule has 2 aromatic rings. The Balaban J connectivity index is 2.19. The van der Waals surface area contributed by atoms with Crippen LogP contribution >= 0.6 is 0 Å². The van der Waals surface area contributed by atoms with Gasteiger partial charge in [-0.05, 0) is 42.2 Å². The van der Waals surface area contributed by atoms with Crippen molar-refractivity contribution < 1.29 is 19.1 Å². The number of ether oxygens (including phenoxy) is 2. The number of nitrogens with one attached hydrogen (secondary N) is 1. The first-order valence-electron chi connectivity index (χ1n) is 9.73. The Hall–Kier alpha value is -3.02. The van der Waals surface area contributed by atoms with Crippen molar-refractivity contribution in [2.45, 2.75) is 39.3 Å². The van der Waals surface area contributed by atoms with Crippen LogP contribution in [0.15, 0.2) is 48.5 Å². The molecule has 0 aromatic heterocycles. The van der Waals surface area contributed by atoms with Crippen LogP contribution in [-0.2, 0) is 16.1 Å². The zero-order valence-electron chi connectivity index (χ0n) is 17.8. The minimum Gasteiger partial charge on any atom is -0.497 e. The molecular formula is C23H30N2O4. The normalized spacial score (nSPS) is 11.7. The predicted octanol–water partition coefficient (Wildman–Crippen LogP) is 3.36. The van der Waals surface area contributed by atoms with E-state index < -0.39 is 6.04 Å². The van der Waals surface area contributed by atoms with E-state index in [1.807, 2.05) is 48.5 Å². The molecule has 1 N–H and O–H groups in total. The molecule has 2 amide bonds. The van der Waals surface area contributed by atoms with Gasteiger partial charge in [0.25, 0.3) is 5.91 Å². The molecule has 2 rings (SSSR count). The maximum absolute atomic E-state index is 13.0. The lowest BCUT2D eigenvalue weighted by Gasteiger charge is -2.28. The highest BCUT2D eigenvalue weighted by Gasteiger charge is 2.26. The van der Waals surface area contributed by atoms with Gasteiger partial charge < -0.3 is 19.7 Å². The van der Waals surface area contributed by atoms with Crippen LogP contribution in [0.1, 0.15) is 37.8 Å². The molecule has 0 aliphatic heterocycles. The molecule has 0 spiro atoms. The van der Waals surface area contributed by atoms with E-state index in [4.69, 9.17) is 9.47 Å². The third kappa shape index (κ3) is 5.98. The van der Waals surface area contributed by atoms with Crippen molar-refractivity contribution in [2.24, 2.45) is 0 Å². The standard InChI is InChI=1S/C23H30N2O4/c1-16(2)20-11-6-7-12-21(20)29-15-22(26)25(17(3)23(27)24-4)14-18-9-8-10-19(13-18)28-5/h6-13,16-17H,14-15H2,1-5H3,(H,24,27)/t17-/m0/s1. The van der Waals surface area contributed by atoms with Gasteiger partial charge in [-0.25, -0.2) is 0 Å². The van der Waals surface area contributed by atoms with E-state index in [0.29, 0.717) is 11.5 Å². The van der Waals surface area contributed by atoms with Crippen molar-refractivity contribution in [3.8, 4) is 11.5 Å². The molecule has 0 heterocycles. The second-order valence-corrected chi connectivity index (χ2v) is 7.14. The highest BCUT2D eigenvalue weighted by Crippen LogP contribution is 2.26. The minimum absolute atomic E-state index is 0.144. The fourth-order valence-electron chi connectivity index (χ4n) is 3.07. The zero-order valence-corrected chi connectivity index (χ0v) is 17.8. The molecule has 29 heavy (non-hydrogen) atoms. The third-order valence-electron chi connectivity index (χ3n) is 4.79. The van der Waals surface area contributed by atoms with Crippen molar-refractivity contribution in [1.29, 1.82) is 0 Å². The van der Waals surface area contributed by atoms with Gasteiger partial charge >= 0.3 is 0 Å². The number of rotatable bonds is 9. The lowest BCUT2D eigenvalue weighted by Crippen LogP contribution is -2.48. The summed E-state index contributed by atoms with van der Waals surface area (Å²) in [5.74, 6) is 1.17. The number of likely N-dealkylation sites (N-methyl/N-ethyl adjacent to an activating group) is 1. The summed E-state index contributed by atoms with van der Waals surface area (Å²) >= 11 is 0. The summed E-state index contributed by atoms with van der Waals surface area (Å²) in [5, 5.41) is 2.61. The molecule has 0 fully saturated rings. The molecule has 1 atom stereocenters. The fourth-order valence-corrected chi connectivity index (χ4v) is 3.07. The fraction of sp³-hybridized carbons (Fsp3) is 0.391. The monoisotopic (exact) mass is 398 g/mol. The number of hydrogen-bond acceptors (Lipinski definition) is 4. The van der Waals surface area contributed by atoms with E-state index in [0.717, 1.165) is 11.1 Å².